The first-order valence-corrected chi connectivity index (χ1v) is 10.8. The van der Waals surface area contributed by atoms with Crippen LogP contribution < -0.4 is 11.1 Å². The summed E-state index contributed by atoms with van der Waals surface area (Å²) in [6.07, 6.45) is -2.25. The Bertz CT molecular complexity index is 1200. The highest BCUT2D eigenvalue weighted by molar-refractivity contribution is 6.17. The van der Waals surface area contributed by atoms with Gasteiger partial charge in [-0.05, 0) is 12.0 Å². The van der Waals surface area contributed by atoms with Gasteiger partial charge in [0, 0.05) is 32.4 Å². The third-order valence-corrected chi connectivity index (χ3v) is 5.63. The maximum atomic E-state index is 14.5. The number of nitrogens with zero attached hydrogens (tertiary/aromatic N) is 5. The Hall–Kier alpha value is -3.78. The van der Waals surface area contributed by atoms with Crippen LogP contribution in [0.5, 0.6) is 0 Å². The van der Waals surface area contributed by atoms with Crippen LogP contribution in [0.25, 0.3) is 5.57 Å². The molecule has 0 saturated carbocycles. The van der Waals surface area contributed by atoms with Gasteiger partial charge in [-0.15, -0.1) is 0 Å². The Balaban J connectivity index is 1.92. The van der Waals surface area contributed by atoms with Crippen molar-refractivity contribution in [1.82, 2.24) is 19.9 Å². The number of carbonyl (C=O) groups is 1. The Kier molecular flexibility index (Phi) is 8.03. The lowest BCUT2D eigenvalue weighted by Gasteiger charge is -2.43. The zero-order valence-electron chi connectivity index (χ0n) is 19.5. The molecular weight excluding hydrogens is 511 g/mol. The van der Waals surface area contributed by atoms with Crippen LogP contribution in [0, 0.1) is 17.6 Å². The predicted octanol–water partition coefficient (Wildman–Crippen LogP) is 3.52. The first kappa shape index (κ1) is 27.8. The van der Waals surface area contributed by atoms with Gasteiger partial charge in [0.05, 0.1) is 36.1 Å². The van der Waals surface area contributed by atoms with E-state index in [0.717, 1.165) is 23.5 Å². The monoisotopic (exact) mass is 533 g/mol. The fourth-order valence-corrected chi connectivity index (χ4v) is 3.90. The summed E-state index contributed by atoms with van der Waals surface area (Å²) in [6.45, 7) is 0.0798. The summed E-state index contributed by atoms with van der Waals surface area (Å²) in [6, 6.07) is -0.737. The Labute approximate surface area is 206 Å². The van der Waals surface area contributed by atoms with Crippen molar-refractivity contribution in [3.05, 3.63) is 53.4 Å². The number of nitrogens with one attached hydrogen (secondary N) is 1. The standard InChI is InChI=1S/C22H22F7N7O/c1-11-4-21(25,26)10-36(16(11)9-35-19-15(24)3-12(5-32-19)22(27,28)29)20(37)17(30)14(8-31-2)18-33-6-13(23)7-34-18/h3,5-8,11,16H,4,9-10,30H2,1-2H3,(H,32,35). The van der Waals surface area contributed by atoms with Crippen molar-refractivity contribution >= 4 is 23.5 Å². The van der Waals surface area contributed by atoms with Gasteiger partial charge in [0.25, 0.3) is 11.8 Å². The number of hydrogen-bond acceptors (Lipinski definition) is 7. The average Bonchev–Trinajstić information content (AvgIpc) is 2.81. The average molecular weight is 533 g/mol. The van der Waals surface area contributed by atoms with Crippen molar-refractivity contribution in [2.24, 2.45) is 16.6 Å². The maximum Gasteiger partial charge on any atom is 0.417 e. The van der Waals surface area contributed by atoms with Gasteiger partial charge in [-0.1, -0.05) is 6.92 Å². The van der Waals surface area contributed by atoms with Gasteiger partial charge in [0.1, 0.15) is 5.70 Å². The molecule has 2 aromatic heterocycles. The van der Waals surface area contributed by atoms with Gasteiger partial charge in [-0.3, -0.25) is 9.79 Å². The number of piperidine rings is 1. The number of aliphatic imine (C=N–C) groups is 1. The first-order valence-electron chi connectivity index (χ1n) is 10.8. The number of rotatable bonds is 6. The van der Waals surface area contributed by atoms with Gasteiger partial charge in [-0.2, -0.15) is 13.2 Å². The molecule has 1 amide bonds. The molecule has 2 atom stereocenters. The molecule has 2 aromatic rings. The number of aromatic nitrogens is 3. The lowest BCUT2D eigenvalue weighted by atomic mass is 9.88. The third-order valence-electron chi connectivity index (χ3n) is 5.63. The summed E-state index contributed by atoms with van der Waals surface area (Å²) in [4.78, 5) is 28.8. The van der Waals surface area contributed by atoms with Crippen LogP contribution in [0.4, 0.5) is 36.6 Å². The van der Waals surface area contributed by atoms with E-state index >= 15 is 0 Å². The fraction of sp³-hybridized carbons (Fsp3) is 0.409. The van der Waals surface area contributed by atoms with E-state index in [-0.39, 0.29) is 24.0 Å². The summed E-state index contributed by atoms with van der Waals surface area (Å²) >= 11 is 0. The van der Waals surface area contributed by atoms with Crippen molar-refractivity contribution < 1.29 is 35.5 Å². The summed E-state index contributed by atoms with van der Waals surface area (Å²) in [5.74, 6) is -7.96. The van der Waals surface area contributed by atoms with E-state index in [1.54, 1.807) is 0 Å². The minimum atomic E-state index is -4.81. The number of halogens is 7. The smallest absolute Gasteiger partial charge is 0.394 e. The molecule has 37 heavy (non-hydrogen) atoms. The van der Waals surface area contributed by atoms with Crippen molar-refractivity contribution in [3.8, 4) is 0 Å². The molecule has 0 aromatic carbocycles. The lowest BCUT2D eigenvalue weighted by molar-refractivity contribution is -0.148. The van der Waals surface area contributed by atoms with Crippen LogP contribution in [0.15, 0.2) is 35.3 Å². The quantitative estimate of drug-likeness (QED) is 0.334. The van der Waals surface area contributed by atoms with Gasteiger partial charge < -0.3 is 16.0 Å². The van der Waals surface area contributed by atoms with Crippen molar-refractivity contribution in [2.45, 2.75) is 31.5 Å². The molecule has 0 spiro atoms. The number of nitrogens with two attached hydrogens (primary N) is 1. The second-order valence-electron chi connectivity index (χ2n) is 8.41. The number of amides is 1. The van der Waals surface area contributed by atoms with Crippen molar-refractivity contribution in [1.29, 1.82) is 0 Å². The van der Waals surface area contributed by atoms with Crippen molar-refractivity contribution in [3.63, 3.8) is 0 Å². The zero-order valence-corrected chi connectivity index (χ0v) is 19.5. The third kappa shape index (κ3) is 6.51. The topological polar surface area (TPSA) is 109 Å². The number of anilines is 1. The van der Waals surface area contributed by atoms with E-state index in [1.807, 2.05) is 0 Å². The minimum absolute atomic E-state index is 0.142. The van der Waals surface area contributed by atoms with Crippen LogP contribution in [0.1, 0.15) is 24.7 Å². The number of carbonyl (C=O) groups excluding carboxylic acids is 1. The first-order chi connectivity index (χ1) is 17.2. The second-order valence-corrected chi connectivity index (χ2v) is 8.41. The lowest BCUT2D eigenvalue weighted by Crippen LogP contribution is -2.58. The van der Waals surface area contributed by atoms with Crippen LogP contribution in [0.2, 0.25) is 0 Å². The predicted molar refractivity (Wildman–Crippen MR) is 119 cm³/mol. The molecule has 1 aliphatic heterocycles. The second kappa shape index (κ2) is 10.7. The Morgan fingerprint density at radius 2 is 1.89 bits per heavy atom. The highest BCUT2D eigenvalue weighted by atomic mass is 19.4. The molecule has 8 nitrogen and oxygen atoms in total. The number of allylic oxidation sites excluding steroid dienone is 1. The molecule has 3 rings (SSSR count). The Morgan fingerprint density at radius 1 is 1.24 bits per heavy atom. The molecule has 3 heterocycles. The van der Waals surface area contributed by atoms with E-state index in [1.165, 1.54) is 14.0 Å². The van der Waals surface area contributed by atoms with Gasteiger partial charge in [-0.25, -0.2) is 32.5 Å². The normalized spacial score (nSPS) is 20.6. The van der Waals surface area contributed by atoms with Crippen LogP contribution in [0.3, 0.4) is 0 Å². The minimum Gasteiger partial charge on any atom is -0.394 e. The van der Waals surface area contributed by atoms with E-state index in [9.17, 15) is 35.5 Å². The summed E-state index contributed by atoms with van der Waals surface area (Å²) in [5, 5.41) is 2.49. The van der Waals surface area contributed by atoms with Gasteiger partial charge in [0.2, 0.25) is 0 Å². The van der Waals surface area contributed by atoms with E-state index in [2.05, 4.69) is 25.3 Å². The highest BCUT2D eigenvalue weighted by Crippen LogP contribution is 2.36. The number of pyridine rings is 1. The van der Waals surface area contributed by atoms with Crippen LogP contribution in [-0.2, 0) is 11.0 Å². The maximum absolute atomic E-state index is 14.5. The largest absolute Gasteiger partial charge is 0.417 e. The molecular formula is C22H22F7N7O. The number of hydrogen-bond donors (Lipinski definition) is 2. The Morgan fingerprint density at radius 3 is 2.46 bits per heavy atom. The molecule has 2 unspecified atom stereocenters. The van der Waals surface area contributed by atoms with E-state index in [4.69, 9.17) is 5.73 Å². The van der Waals surface area contributed by atoms with Crippen LogP contribution >= 0.6 is 0 Å². The molecule has 1 saturated heterocycles. The number of alkyl halides is 5. The van der Waals surface area contributed by atoms with Crippen molar-refractivity contribution in [2.75, 3.05) is 25.5 Å². The van der Waals surface area contributed by atoms with Crippen LogP contribution in [-0.4, -0.2) is 64.1 Å². The van der Waals surface area contributed by atoms with Gasteiger partial charge in [0.15, 0.2) is 23.3 Å². The zero-order chi connectivity index (χ0) is 27.5. The molecule has 0 aliphatic carbocycles. The highest BCUT2D eigenvalue weighted by Gasteiger charge is 2.46. The molecule has 1 aliphatic rings. The molecule has 0 radical (unpaired) electrons. The molecule has 1 fully saturated rings. The molecule has 15 heteroatoms. The fourth-order valence-electron chi connectivity index (χ4n) is 3.90. The summed E-state index contributed by atoms with van der Waals surface area (Å²) in [7, 11) is 1.34. The molecule has 0 bridgehead atoms. The van der Waals surface area contributed by atoms with Gasteiger partial charge >= 0.3 is 6.18 Å². The van der Waals surface area contributed by atoms with E-state index < -0.39 is 71.6 Å². The van der Waals surface area contributed by atoms with E-state index in [0.29, 0.717) is 6.20 Å². The number of likely N-dealkylation sites (tertiary alicyclic amines) is 1. The SMILES string of the molecule is CN=CC(=C(N)C(=O)N1CC(F)(F)CC(C)C1CNc1ncc(C(F)(F)F)cc1F)c1ncc(F)cn1. The molecule has 3 N–H and O–H groups in total. The summed E-state index contributed by atoms with van der Waals surface area (Å²) in [5.41, 5.74) is 4.02. The summed E-state index contributed by atoms with van der Waals surface area (Å²) < 4.78 is 94.7. The molecule has 200 valence electrons.